The van der Waals surface area contributed by atoms with Crippen LogP contribution in [0.15, 0.2) is 97.3 Å². The van der Waals surface area contributed by atoms with Crippen LogP contribution in [-0.2, 0) is 22.3 Å². The number of pyridine rings is 1. The molecule has 6 aromatic rings. The summed E-state index contributed by atoms with van der Waals surface area (Å²) in [6.45, 7) is 11.0. The largest absolute Gasteiger partial charge is 0.453 e. The number of rotatable bonds is 14. The molecule has 0 saturated carbocycles. The summed E-state index contributed by atoms with van der Waals surface area (Å²) in [4.78, 5) is 28.7. The van der Waals surface area contributed by atoms with Crippen LogP contribution in [0.2, 0.25) is 5.04 Å². The number of fused-ring (bicyclic) bond motifs is 2. The number of aromatic nitrogens is 5. The van der Waals surface area contributed by atoms with Crippen molar-refractivity contribution in [2.45, 2.75) is 58.7 Å². The van der Waals surface area contributed by atoms with Crippen molar-refractivity contribution in [1.82, 2.24) is 24.7 Å². The second-order valence-electron chi connectivity index (χ2n) is 13.8. The highest BCUT2D eigenvalue weighted by molar-refractivity contribution is 6.99. The first-order valence-electron chi connectivity index (χ1n) is 17.7. The highest BCUT2D eigenvalue weighted by Gasteiger charge is 2.50. The molecule has 0 unspecified atom stereocenters. The van der Waals surface area contributed by atoms with Gasteiger partial charge in [-0.15, -0.1) is 0 Å². The Hall–Kier alpha value is -5.17. The van der Waals surface area contributed by atoms with Crippen molar-refractivity contribution in [2.75, 3.05) is 37.0 Å². The lowest BCUT2D eigenvalue weighted by Crippen LogP contribution is -2.67. The number of benzene rings is 3. The SMILES string of the molecule is CCCCN(CCO[Si](c1ccccc1)(c1ccccc1)C(C)(C)C)c1nc(NC(=O)OC)nc2cn(Cc3ccc(CO)c4cccnc34)nc12. The molecular weight excluding hydrogens is 671 g/mol. The van der Waals surface area contributed by atoms with E-state index >= 15 is 0 Å². The first kappa shape index (κ1) is 36.6. The summed E-state index contributed by atoms with van der Waals surface area (Å²) in [7, 11) is -1.47. The molecule has 0 aliphatic rings. The molecule has 3 aromatic carbocycles. The quantitative estimate of drug-likeness (QED) is 0.125. The van der Waals surface area contributed by atoms with Gasteiger partial charge in [-0.3, -0.25) is 15.0 Å². The van der Waals surface area contributed by atoms with Gasteiger partial charge in [-0.05, 0) is 39.0 Å². The van der Waals surface area contributed by atoms with Crippen LogP contribution in [0.25, 0.3) is 21.9 Å². The van der Waals surface area contributed by atoms with Crippen molar-refractivity contribution in [2.24, 2.45) is 0 Å². The number of hydrogen-bond acceptors (Lipinski definition) is 9. The van der Waals surface area contributed by atoms with Crippen LogP contribution in [0.5, 0.6) is 0 Å². The monoisotopic (exact) mass is 717 g/mol. The number of anilines is 2. The maximum atomic E-state index is 12.4. The zero-order valence-electron chi connectivity index (χ0n) is 30.5. The molecule has 270 valence electrons. The predicted octanol–water partition coefficient (Wildman–Crippen LogP) is 6.28. The third-order valence-corrected chi connectivity index (χ3v) is 14.5. The molecule has 1 amide bonds. The van der Waals surface area contributed by atoms with Gasteiger partial charge in [0, 0.05) is 24.7 Å². The standard InChI is InChI=1S/C40H47N7O4Si/c1-6-7-23-46(24-25-51-52(40(2,3)4,31-15-10-8-11-16-31)32-17-12-9-13-18-32)37-36-34(42-38(43-37)44-39(49)50-5)27-47(45-36)26-29-20-21-30(28-48)33-19-14-22-41-35(29)33/h8-22,27,48H,6-7,23-26,28H2,1-5H3,(H,42,44,49). The Bertz CT molecular complexity index is 2080. The van der Waals surface area contributed by atoms with Crippen LogP contribution < -0.4 is 20.6 Å². The van der Waals surface area contributed by atoms with Crippen LogP contribution >= 0.6 is 0 Å². The Morgan fingerprint density at radius 2 is 1.60 bits per heavy atom. The van der Waals surface area contributed by atoms with E-state index in [0.717, 1.165) is 34.9 Å². The summed E-state index contributed by atoms with van der Waals surface area (Å²) in [5, 5.41) is 20.8. The van der Waals surface area contributed by atoms with E-state index in [-0.39, 0.29) is 17.6 Å². The minimum atomic E-state index is -2.78. The topological polar surface area (TPSA) is 128 Å². The van der Waals surface area contributed by atoms with Crippen molar-refractivity contribution in [3.8, 4) is 0 Å². The molecule has 0 aliphatic carbocycles. The third kappa shape index (κ3) is 7.54. The molecule has 0 bridgehead atoms. The average Bonchev–Trinajstić information content (AvgIpc) is 3.57. The molecule has 3 aromatic heterocycles. The molecule has 52 heavy (non-hydrogen) atoms. The van der Waals surface area contributed by atoms with Gasteiger partial charge in [0.15, 0.2) is 11.3 Å². The summed E-state index contributed by atoms with van der Waals surface area (Å²) < 4.78 is 14.0. The van der Waals surface area contributed by atoms with E-state index in [0.29, 0.717) is 43.1 Å². The molecular formula is C40H47N7O4Si. The van der Waals surface area contributed by atoms with Crippen molar-refractivity contribution in [3.05, 3.63) is 108 Å². The maximum absolute atomic E-state index is 12.4. The maximum Gasteiger partial charge on any atom is 0.413 e. The summed E-state index contributed by atoms with van der Waals surface area (Å²) in [5.74, 6) is 0.732. The van der Waals surface area contributed by atoms with Gasteiger partial charge in [0.2, 0.25) is 5.95 Å². The molecule has 12 heteroatoms. The number of unbranched alkanes of at least 4 members (excludes halogenated alkanes) is 1. The Kier molecular flexibility index (Phi) is 11.3. The number of methoxy groups -OCH3 is 1. The number of carbonyl (C=O) groups is 1. The van der Waals surface area contributed by atoms with Crippen molar-refractivity contribution < 1.29 is 19.1 Å². The van der Waals surface area contributed by atoms with Crippen molar-refractivity contribution in [1.29, 1.82) is 0 Å². The van der Waals surface area contributed by atoms with Crippen LogP contribution in [0.3, 0.4) is 0 Å². The van der Waals surface area contributed by atoms with Gasteiger partial charge in [0.1, 0.15) is 5.52 Å². The number of carbonyl (C=O) groups excluding carboxylic acids is 1. The number of nitrogens with one attached hydrogen (secondary N) is 1. The number of aliphatic hydroxyl groups excluding tert-OH is 1. The van der Waals surface area contributed by atoms with E-state index in [1.807, 2.05) is 47.3 Å². The highest BCUT2D eigenvalue weighted by atomic mass is 28.4. The van der Waals surface area contributed by atoms with Gasteiger partial charge < -0.3 is 19.2 Å². The molecule has 3 heterocycles. The molecule has 0 saturated heterocycles. The van der Waals surface area contributed by atoms with Crippen LogP contribution in [-0.4, -0.2) is 71.1 Å². The number of nitrogens with zero attached hydrogens (tertiary/aromatic N) is 6. The fourth-order valence-corrected chi connectivity index (χ4v) is 11.5. The second kappa shape index (κ2) is 16.0. The molecule has 0 fully saturated rings. The molecule has 0 aliphatic heterocycles. The van der Waals surface area contributed by atoms with E-state index in [1.165, 1.54) is 17.5 Å². The third-order valence-electron chi connectivity index (χ3n) is 9.42. The fourth-order valence-electron chi connectivity index (χ4n) is 6.92. The predicted molar refractivity (Wildman–Crippen MR) is 209 cm³/mol. The van der Waals surface area contributed by atoms with E-state index in [1.54, 1.807) is 6.20 Å². The lowest BCUT2D eigenvalue weighted by atomic mass is 10.0. The van der Waals surface area contributed by atoms with Gasteiger partial charge in [0.05, 0.1) is 38.6 Å². The Balaban J connectivity index is 1.39. The molecule has 0 atom stereocenters. The summed E-state index contributed by atoms with van der Waals surface area (Å²) in [6.07, 6.45) is 4.84. The van der Waals surface area contributed by atoms with Gasteiger partial charge in [0.25, 0.3) is 8.32 Å². The average molecular weight is 718 g/mol. The molecule has 0 radical (unpaired) electrons. The normalized spacial score (nSPS) is 12.0. The van der Waals surface area contributed by atoms with E-state index in [2.05, 4.69) is 96.4 Å². The molecule has 0 spiro atoms. The minimum Gasteiger partial charge on any atom is -0.453 e. The van der Waals surface area contributed by atoms with Gasteiger partial charge in [-0.2, -0.15) is 10.1 Å². The van der Waals surface area contributed by atoms with Gasteiger partial charge in [-0.25, -0.2) is 9.78 Å². The smallest absolute Gasteiger partial charge is 0.413 e. The molecule has 2 N–H and O–H groups in total. The lowest BCUT2D eigenvalue weighted by Gasteiger charge is -2.43. The fraction of sp³-hybridized carbons (Fsp3) is 0.325. The zero-order valence-corrected chi connectivity index (χ0v) is 31.5. The molecule has 11 nitrogen and oxygen atoms in total. The number of hydrogen-bond donors (Lipinski definition) is 2. The minimum absolute atomic E-state index is 0.0730. The van der Waals surface area contributed by atoms with Crippen molar-refractivity contribution in [3.63, 3.8) is 0 Å². The van der Waals surface area contributed by atoms with Crippen LogP contribution in [0.1, 0.15) is 51.7 Å². The van der Waals surface area contributed by atoms with Crippen LogP contribution in [0, 0.1) is 0 Å². The Labute approximate surface area is 305 Å². The number of aliphatic hydroxyl groups is 1. The first-order valence-corrected chi connectivity index (χ1v) is 19.7. The van der Waals surface area contributed by atoms with Crippen molar-refractivity contribution >= 4 is 58.5 Å². The highest BCUT2D eigenvalue weighted by Crippen LogP contribution is 2.37. The van der Waals surface area contributed by atoms with Crippen LogP contribution in [0.4, 0.5) is 16.6 Å². The number of amides is 1. The first-order chi connectivity index (χ1) is 25.2. The van der Waals surface area contributed by atoms with Gasteiger partial charge >= 0.3 is 6.09 Å². The summed E-state index contributed by atoms with van der Waals surface area (Å²) in [6, 6.07) is 29.0. The summed E-state index contributed by atoms with van der Waals surface area (Å²) in [5.41, 5.74) is 3.76. The van der Waals surface area contributed by atoms with E-state index < -0.39 is 14.4 Å². The lowest BCUT2D eigenvalue weighted by molar-refractivity contribution is 0.186. The Morgan fingerprint density at radius 1 is 0.904 bits per heavy atom. The Morgan fingerprint density at radius 3 is 2.23 bits per heavy atom. The van der Waals surface area contributed by atoms with E-state index in [9.17, 15) is 9.90 Å². The van der Waals surface area contributed by atoms with Gasteiger partial charge in [-0.1, -0.05) is 113 Å². The molecule has 6 rings (SSSR count). The van der Waals surface area contributed by atoms with E-state index in [4.69, 9.17) is 19.2 Å². The number of ether oxygens (including phenoxy) is 1. The second-order valence-corrected chi connectivity index (χ2v) is 18.1. The zero-order chi connectivity index (χ0) is 36.7. The summed E-state index contributed by atoms with van der Waals surface area (Å²) >= 11 is 0.